The molecule has 0 aromatic rings. The third kappa shape index (κ3) is 53.6. The van der Waals surface area contributed by atoms with Crippen LogP contribution in [0.1, 0.15) is 335 Å². The number of aliphatic hydroxyl groups is 2. The summed E-state index contributed by atoms with van der Waals surface area (Å²) in [6, 6.07) is -0.639. The van der Waals surface area contributed by atoms with E-state index >= 15 is 0 Å². The molecule has 0 fully saturated rings. The summed E-state index contributed by atoms with van der Waals surface area (Å²) in [6.07, 6.45) is 79.0. The summed E-state index contributed by atoms with van der Waals surface area (Å²) >= 11 is 0. The van der Waals surface area contributed by atoms with Crippen LogP contribution in [0, 0.1) is 0 Å². The highest BCUT2D eigenvalue weighted by Crippen LogP contribution is 2.18. The van der Waals surface area contributed by atoms with E-state index in [4.69, 9.17) is 0 Å². The predicted molar refractivity (Wildman–Crippen MR) is 295 cm³/mol. The van der Waals surface area contributed by atoms with E-state index < -0.39 is 12.1 Å². The number of carbonyl (C=O) groups is 1. The quantitative estimate of drug-likeness (QED) is 0.0420. The molecule has 2 atom stereocenters. The molecular weight excluding hydrogens is 807 g/mol. The van der Waals surface area contributed by atoms with Crippen LogP contribution in [-0.4, -0.2) is 34.9 Å². The van der Waals surface area contributed by atoms with E-state index in [-0.39, 0.29) is 12.5 Å². The number of hydrogen-bond acceptors (Lipinski definition) is 3. The number of unbranched alkanes of at least 4 members (excludes halogenated alkanes) is 45. The minimum Gasteiger partial charge on any atom is -0.394 e. The normalized spacial score (nSPS) is 13.0. The summed E-state index contributed by atoms with van der Waals surface area (Å²) in [6.45, 7) is 4.33. The van der Waals surface area contributed by atoms with Gasteiger partial charge >= 0.3 is 0 Å². The molecule has 0 aliphatic rings. The standard InChI is InChI=1S/C62H119NO3/c1-3-5-7-9-11-13-15-17-19-21-23-25-27-29-30-31-32-34-35-37-39-41-43-45-47-49-51-53-55-57-61(65)60(59-64)63-62(66)58-56-54-52-50-48-46-44-42-40-38-36-33-28-26-24-22-20-18-16-14-12-10-8-6-4-2/h22,24,47,49,55,57,60-61,64-65H,3-21,23,25-46,48,50-54,56,58-59H2,1-2H3,(H,63,66)/b24-22-,49-47+,57-55+. The first kappa shape index (κ1) is 64.6. The first-order valence-electron chi connectivity index (χ1n) is 30.2. The van der Waals surface area contributed by atoms with Crippen molar-refractivity contribution in [1.82, 2.24) is 5.32 Å². The average molecular weight is 927 g/mol. The van der Waals surface area contributed by atoms with Crippen LogP contribution in [-0.2, 0) is 4.79 Å². The Morgan fingerprint density at radius 2 is 0.591 bits per heavy atom. The molecule has 3 N–H and O–H groups in total. The van der Waals surface area contributed by atoms with Gasteiger partial charge in [-0.25, -0.2) is 0 Å². The van der Waals surface area contributed by atoms with Crippen molar-refractivity contribution in [3.8, 4) is 0 Å². The highest BCUT2D eigenvalue weighted by Gasteiger charge is 2.18. The van der Waals surface area contributed by atoms with E-state index in [0.717, 1.165) is 32.1 Å². The molecule has 1 amide bonds. The van der Waals surface area contributed by atoms with E-state index in [1.807, 2.05) is 6.08 Å². The van der Waals surface area contributed by atoms with E-state index in [2.05, 4.69) is 43.5 Å². The van der Waals surface area contributed by atoms with Gasteiger partial charge in [-0.3, -0.25) is 4.79 Å². The lowest BCUT2D eigenvalue weighted by atomic mass is 10.0. The smallest absolute Gasteiger partial charge is 0.220 e. The second-order valence-corrected chi connectivity index (χ2v) is 20.8. The third-order valence-corrected chi connectivity index (χ3v) is 14.1. The lowest BCUT2D eigenvalue weighted by Crippen LogP contribution is -2.45. The van der Waals surface area contributed by atoms with E-state index in [0.29, 0.717) is 6.42 Å². The molecule has 0 radical (unpaired) electrons. The summed E-state index contributed by atoms with van der Waals surface area (Å²) < 4.78 is 0. The molecule has 0 aromatic carbocycles. The summed E-state index contributed by atoms with van der Waals surface area (Å²) in [5, 5.41) is 23.2. The Hall–Kier alpha value is -1.39. The molecule has 0 heterocycles. The zero-order valence-electron chi connectivity index (χ0n) is 45.0. The fourth-order valence-corrected chi connectivity index (χ4v) is 9.49. The summed E-state index contributed by atoms with van der Waals surface area (Å²) in [4.78, 5) is 12.5. The fraction of sp³-hybridized carbons (Fsp3) is 0.887. The molecule has 390 valence electrons. The maximum absolute atomic E-state index is 12.5. The zero-order chi connectivity index (χ0) is 47.7. The molecule has 2 unspecified atom stereocenters. The molecule has 4 heteroatoms. The Bertz CT molecular complexity index is 1010. The van der Waals surface area contributed by atoms with Gasteiger partial charge in [0.15, 0.2) is 0 Å². The monoisotopic (exact) mass is 926 g/mol. The molecule has 0 bridgehead atoms. The van der Waals surface area contributed by atoms with E-state index in [1.165, 1.54) is 283 Å². The van der Waals surface area contributed by atoms with Crippen molar-refractivity contribution in [2.24, 2.45) is 0 Å². The van der Waals surface area contributed by atoms with Crippen molar-refractivity contribution >= 4 is 5.91 Å². The van der Waals surface area contributed by atoms with Crippen LogP contribution in [0.15, 0.2) is 36.5 Å². The third-order valence-electron chi connectivity index (χ3n) is 14.1. The van der Waals surface area contributed by atoms with Crippen molar-refractivity contribution < 1.29 is 15.0 Å². The van der Waals surface area contributed by atoms with Crippen LogP contribution < -0.4 is 5.32 Å². The first-order valence-corrected chi connectivity index (χ1v) is 30.2. The minimum absolute atomic E-state index is 0.0689. The van der Waals surface area contributed by atoms with Gasteiger partial charge in [-0.05, 0) is 57.8 Å². The van der Waals surface area contributed by atoms with Crippen molar-refractivity contribution in [3.63, 3.8) is 0 Å². The second-order valence-electron chi connectivity index (χ2n) is 20.8. The Morgan fingerprint density at radius 3 is 0.879 bits per heavy atom. The number of carbonyl (C=O) groups excluding carboxylic acids is 1. The molecule has 0 spiro atoms. The van der Waals surface area contributed by atoms with Crippen molar-refractivity contribution in [3.05, 3.63) is 36.5 Å². The average Bonchev–Trinajstić information content (AvgIpc) is 3.32. The molecule has 66 heavy (non-hydrogen) atoms. The van der Waals surface area contributed by atoms with Crippen LogP contribution in [0.3, 0.4) is 0 Å². The SMILES string of the molecule is CCCCCCCCCC/C=C\CCCCCCCCCCCCCCCC(=O)NC(CO)C(O)/C=C/CC/C=C/CCCCCCCCCCCCCCCCCCCCCCCCC. The molecule has 0 saturated heterocycles. The molecule has 4 nitrogen and oxygen atoms in total. The zero-order valence-corrected chi connectivity index (χ0v) is 45.0. The minimum atomic E-state index is -0.863. The number of amides is 1. The van der Waals surface area contributed by atoms with Crippen LogP contribution in [0.4, 0.5) is 0 Å². The van der Waals surface area contributed by atoms with Gasteiger partial charge in [0, 0.05) is 6.42 Å². The van der Waals surface area contributed by atoms with Gasteiger partial charge in [0.05, 0.1) is 18.8 Å². The Labute approximate surface area is 414 Å². The molecule has 0 aliphatic carbocycles. The maximum Gasteiger partial charge on any atom is 0.220 e. The Morgan fingerprint density at radius 1 is 0.348 bits per heavy atom. The Balaban J connectivity index is 3.49. The number of hydrogen-bond donors (Lipinski definition) is 3. The van der Waals surface area contributed by atoms with Gasteiger partial charge in [0.2, 0.25) is 5.91 Å². The maximum atomic E-state index is 12.5. The van der Waals surface area contributed by atoms with Gasteiger partial charge in [-0.2, -0.15) is 0 Å². The van der Waals surface area contributed by atoms with Gasteiger partial charge in [0.1, 0.15) is 0 Å². The van der Waals surface area contributed by atoms with Crippen LogP contribution in [0.2, 0.25) is 0 Å². The summed E-state index contributed by atoms with van der Waals surface area (Å²) in [5.41, 5.74) is 0. The fourth-order valence-electron chi connectivity index (χ4n) is 9.49. The van der Waals surface area contributed by atoms with Crippen molar-refractivity contribution in [2.45, 2.75) is 347 Å². The molecule has 0 aromatic heterocycles. The van der Waals surface area contributed by atoms with Crippen molar-refractivity contribution in [1.29, 1.82) is 0 Å². The van der Waals surface area contributed by atoms with E-state index in [9.17, 15) is 15.0 Å². The Kier molecular flexibility index (Phi) is 56.7. The number of aliphatic hydroxyl groups excluding tert-OH is 2. The first-order chi connectivity index (χ1) is 32.7. The lowest BCUT2D eigenvalue weighted by Gasteiger charge is -2.19. The van der Waals surface area contributed by atoms with Gasteiger partial charge in [0.25, 0.3) is 0 Å². The van der Waals surface area contributed by atoms with Crippen molar-refractivity contribution in [2.75, 3.05) is 6.61 Å². The molecule has 0 rings (SSSR count). The van der Waals surface area contributed by atoms with Crippen LogP contribution >= 0.6 is 0 Å². The van der Waals surface area contributed by atoms with Gasteiger partial charge in [-0.15, -0.1) is 0 Å². The molecule has 0 saturated carbocycles. The topological polar surface area (TPSA) is 69.6 Å². The summed E-state index contributed by atoms with van der Waals surface area (Å²) in [7, 11) is 0. The van der Waals surface area contributed by atoms with E-state index in [1.54, 1.807) is 6.08 Å². The van der Waals surface area contributed by atoms with Gasteiger partial charge < -0.3 is 15.5 Å². The second kappa shape index (κ2) is 57.9. The molecular formula is C62H119NO3. The number of allylic oxidation sites excluding steroid dienone is 5. The lowest BCUT2D eigenvalue weighted by molar-refractivity contribution is -0.123. The number of nitrogens with one attached hydrogen (secondary N) is 1. The highest BCUT2D eigenvalue weighted by molar-refractivity contribution is 5.76. The summed E-state index contributed by atoms with van der Waals surface area (Å²) in [5.74, 6) is -0.0689. The van der Waals surface area contributed by atoms with Crippen LogP contribution in [0.25, 0.3) is 0 Å². The predicted octanol–water partition coefficient (Wildman–Crippen LogP) is 20.0. The highest BCUT2D eigenvalue weighted by atomic mass is 16.3. The van der Waals surface area contributed by atoms with Crippen LogP contribution in [0.5, 0.6) is 0 Å². The van der Waals surface area contributed by atoms with Gasteiger partial charge in [-0.1, -0.05) is 307 Å². The number of rotatable bonds is 56. The molecule has 0 aliphatic heterocycles. The largest absolute Gasteiger partial charge is 0.394 e.